The van der Waals surface area contributed by atoms with Crippen LogP contribution in [0.15, 0.2) is 30.3 Å². The standard InChI is InChI=1S/C12H18N2O/c1-11(15)13-9-5-6-10-14-12-7-3-2-4-8-12/h2-4,7-8,14H,5-6,9-10H2,1H3,(H,13,15). The number of unbranched alkanes of at least 4 members (excludes halogenated alkanes) is 1. The van der Waals surface area contributed by atoms with E-state index in [0.717, 1.165) is 31.6 Å². The third-order valence-corrected chi connectivity index (χ3v) is 2.08. The molecule has 0 saturated carbocycles. The van der Waals surface area contributed by atoms with Crippen LogP contribution in [-0.2, 0) is 4.79 Å². The van der Waals surface area contributed by atoms with E-state index in [9.17, 15) is 4.79 Å². The first kappa shape index (κ1) is 11.6. The molecule has 1 rings (SSSR count). The first-order valence-corrected chi connectivity index (χ1v) is 5.32. The summed E-state index contributed by atoms with van der Waals surface area (Å²) in [6.07, 6.45) is 2.08. The fourth-order valence-corrected chi connectivity index (χ4v) is 1.30. The number of hydrogen-bond donors (Lipinski definition) is 2. The maximum atomic E-state index is 10.6. The molecule has 0 aromatic heterocycles. The summed E-state index contributed by atoms with van der Waals surface area (Å²) in [6, 6.07) is 10.1. The molecule has 3 heteroatoms. The normalized spacial score (nSPS) is 9.67. The Bertz CT molecular complexity index is 285. The maximum absolute atomic E-state index is 10.6. The van der Waals surface area contributed by atoms with Crippen molar-refractivity contribution < 1.29 is 4.79 Å². The van der Waals surface area contributed by atoms with E-state index in [1.807, 2.05) is 30.3 Å². The molecular weight excluding hydrogens is 188 g/mol. The van der Waals surface area contributed by atoms with Gasteiger partial charge < -0.3 is 10.6 Å². The van der Waals surface area contributed by atoms with E-state index in [-0.39, 0.29) is 5.91 Å². The Morgan fingerprint density at radius 3 is 2.47 bits per heavy atom. The van der Waals surface area contributed by atoms with E-state index in [4.69, 9.17) is 0 Å². The Morgan fingerprint density at radius 1 is 1.13 bits per heavy atom. The first-order chi connectivity index (χ1) is 7.29. The Balaban J connectivity index is 2.00. The van der Waals surface area contributed by atoms with Gasteiger partial charge in [-0.15, -0.1) is 0 Å². The lowest BCUT2D eigenvalue weighted by atomic mass is 10.3. The highest BCUT2D eigenvalue weighted by Gasteiger charge is 1.92. The van der Waals surface area contributed by atoms with E-state index < -0.39 is 0 Å². The molecule has 0 aliphatic rings. The fraction of sp³-hybridized carbons (Fsp3) is 0.417. The molecule has 0 radical (unpaired) electrons. The number of carbonyl (C=O) groups is 1. The smallest absolute Gasteiger partial charge is 0.216 e. The predicted molar refractivity (Wildman–Crippen MR) is 62.8 cm³/mol. The van der Waals surface area contributed by atoms with Crippen LogP contribution < -0.4 is 10.6 Å². The lowest BCUT2D eigenvalue weighted by molar-refractivity contribution is -0.118. The SMILES string of the molecule is CC(=O)NCCCCNc1ccccc1. The van der Waals surface area contributed by atoms with Gasteiger partial charge in [0.1, 0.15) is 0 Å². The molecule has 0 aliphatic carbocycles. The number of benzene rings is 1. The summed E-state index contributed by atoms with van der Waals surface area (Å²) in [7, 11) is 0. The molecule has 1 aromatic rings. The number of anilines is 1. The van der Waals surface area contributed by atoms with Crippen LogP contribution in [0.25, 0.3) is 0 Å². The molecule has 2 N–H and O–H groups in total. The summed E-state index contributed by atoms with van der Waals surface area (Å²) in [6.45, 7) is 3.26. The average molecular weight is 206 g/mol. The summed E-state index contributed by atoms with van der Waals surface area (Å²) in [4.78, 5) is 10.6. The third-order valence-electron chi connectivity index (χ3n) is 2.08. The number of para-hydroxylation sites is 1. The van der Waals surface area contributed by atoms with E-state index in [0.29, 0.717) is 0 Å². The van der Waals surface area contributed by atoms with Crippen molar-refractivity contribution in [3.63, 3.8) is 0 Å². The van der Waals surface area contributed by atoms with Gasteiger partial charge in [0.25, 0.3) is 0 Å². The summed E-state index contributed by atoms with van der Waals surface area (Å²) in [5.74, 6) is 0.0472. The highest BCUT2D eigenvalue weighted by atomic mass is 16.1. The average Bonchev–Trinajstić information content (AvgIpc) is 2.24. The number of carbonyl (C=O) groups excluding carboxylic acids is 1. The Hall–Kier alpha value is -1.51. The summed E-state index contributed by atoms with van der Waals surface area (Å²) in [5.41, 5.74) is 1.15. The number of nitrogens with one attached hydrogen (secondary N) is 2. The number of hydrogen-bond acceptors (Lipinski definition) is 2. The topological polar surface area (TPSA) is 41.1 Å². The second-order valence-corrected chi connectivity index (χ2v) is 3.48. The van der Waals surface area contributed by atoms with Gasteiger partial charge >= 0.3 is 0 Å². The van der Waals surface area contributed by atoms with Gasteiger partial charge in [-0.05, 0) is 25.0 Å². The van der Waals surface area contributed by atoms with Crippen LogP contribution in [-0.4, -0.2) is 19.0 Å². The third kappa shape index (κ3) is 5.73. The second-order valence-electron chi connectivity index (χ2n) is 3.48. The lowest BCUT2D eigenvalue weighted by Gasteiger charge is -2.05. The zero-order valence-electron chi connectivity index (χ0n) is 9.12. The molecule has 0 aliphatic heterocycles. The summed E-state index contributed by atoms with van der Waals surface area (Å²) < 4.78 is 0. The number of amides is 1. The molecule has 0 spiro atoms. The van der Waals surface area contributed by atoms with E-state index in [1.54, 1.807) is 6.92 Å². The minimum Gasteiger partial charge on any atom is -0.385 e. The number of rotatable bonds is 6. The molecule has 0 atom stereocenters. The minimum absolute atomic E-state index is 0.0472. The first-order valence-electron chi connectivity index (χ1n) is 5.32. The maximum Gasteiger partial charge on any atom is 0.216 e. The van der Waals surface area contributed by atoms with Crippen molar-refractivity contribution in [2.75, 3.05) is 18.4 Å². The van der Waals surface area contributed by atoms with Crippen LogP contribution >= 0.6 is 0 Å². The Labute approximate surface area is 90.9 Å². The van der Waals surface area contributed by atoms with Crippen molar-refractivity contribution in [2.24, 2.45) is 0 Å². The quantitative estimate of drug-likeness (QED) is 0.699. The highest BCUT2D eigenvalue weighted by molar-refractivity contribution is 5.72. The van der Waals surface area contributed by atoms with Crippen molar-refractivity contribution in [2.45, 2.75) is 19.8 Å². The van der Waals surface area contributed by atoms with Gasteiger partial charge in [0.15, 0.2) is 0 Å². The molecule has 15 heavy (non-hydrogen) atoms. The zero-order chi connectivity index (χ0) is 10.9. The molecule has 1 aromatic carbocycles. The van der Waals surface area contributed by atoms with Crippen molar-refractivity contribution in [3.05, 3.63) is 30.3 Å². The summed E-state index contributed by atoms with van der Waals surface area (Å²) >= 11 is 0. The van der Waals surface area contributed by atoms with Crippen LogP contribution in [0.4, 0.5) is 5.69 Å². The van der Waals surface area contributed by atoms with E-state index in [2.05, 4.69) is 10.6 Å². The molecular formula is C12H18N2O. The van der Waals surface area contributed by atoms with Crippen LogP contribution in [0.1, 0.15) is 19.8 Å². The van der Waals surface area contributed by atoms with Gasteiger partial charge in [0.05, 0.1) is 0 Å². The van der Waals surface area contributed by atoms with Gasteiger partial charge in [-0.3, -0.25) is 4.79 Å². The molecule has 0 unspecified atom stereocenters. The van der Waals surface area contributed by atoms with Crippen LogP contribution in [0.3, 0.4) is 0 Å². The van der Waals surface area contributed by atoms with Crippen LogP contribution in [0.5, 0.6) is 0 Å². The Morgan fingerprint density at radius 2 is 1.80 bits per heavy atom. The zero-order valence-corrected chi connectivity index (χ0v) is 9.12. The highest BCUT2D eigenvalue weighted by Crippen LogP contribution is 2.04. The van der Waals surface area contributed by atoms with Gasteiger partial charge in [0.2, 0.25) is 5.91 Å². The van der Waals surface area contributed by atoms with Crippen molar-refractivity contribution in [3.8, 4) is 0 Å². The molecule has 0 bridgehead atoms. The van der Waals surface area contributed by atoms with E-state index >= 15 is 0 Å². The second kappa shape index (κ2) is 6.87. The fourth-order valence-electron chi connectivity index (χ4n) is 1.30. The van der Waals surface area contributed by atoms with Gasteiger partial charge in [0, 0.05) is 25.7 Å². The summed E-state index contributed by atoms with van der Waals surface area (Å²) in [5, 5.41) is 6.10. The van der Waals surface area contributed by atoms with Crippen molar-refractivity contribution in [1.29, 1.82) is 0 Å². The minimum atomic E-state index is 0.0472. The lowest BCUT2D eigenvalue weighted by Crippen LogP contribution is -2.21. The molecule has 0 heterocycles. The molecule has 0 fully saturated rings. The van der Waals surface area contributed by atoms with Crippen molar-refractivity contribution in [1.82, 2.24) is 5.32 Å². The van der Waals surface area contributed by atoms with Gasteiger partial charge in [-0.1, -0.05) is 18.2 Å². The largest absolute Gasteiger partial charge is 0.385 e. The van der Waals surface area contributed by atoms with Crippen molar-refractivity contribution >= 4 is 11.6 Å². The molecule has 1 amide bonds. The van der Waals surface area contributed by atoms with Crippen LogP contribution in [0, 0.1) is 0 Å². The van der Waals surface area contributed by atoms with Gasteiger partial charge in [-0.25, -0.2) is 0 Å². The van der Waals surface area contributed by atoms with Gasteiger partial charge in [-0.2, -0.15) is 0 Å². The molecule has 3 nitrogen and oxygen atoms in total. The Kier molecular flexibility index (Phi) is 5.30. The van der Waals surface area contributed by atoms with E-state index in [1.165, 1.54) is 0 Å². The molecule has 0 saturated heterocycles. The van der Waals surface area contributed by atoms with Crippen LogP contribution in [0.2, 0.25) is 0 Å². The monoisotopic (exact) mass is 206 g/mol. The molecule has 82 valence electrons. The predicted octanol–water partition coefficient (Wildman–Crippen LogP) is 2.01.